The highest BCUT2D eigenvalue weighted by molar-refractivity contribution is 6.30. The van der Waals surface area contributed by atoms with Crippen LogP contribution in [-0.4, -0.2) is 28.8 Å². The summed E-state index contributed by atoms with van der Waals surface area (Å²) >= 11 is 5.92. The van der Waals surface area contributed by atoms with Crippen molar-refractivity contribution >= 4 is 29.1 Å². The van der Waals surface area contributed by atoms with Gasteiger partial charge in [-0.05, 0) is 54.1 Å². The van der Waals surface area contributed by atoms with Gasteiger partial charge in [-0.3, -0.25) is 19.6 Å². The van der Waals surface area contributed by atoms with E-state index in [0.717, 1.165) is 11.1 Å². The van der Waals surface area contributed by atoms with Crippen molar-refractivity contribution in [2.75, 3.05) is 12.4 Å². The average Bonchev–Trinajstić information content (AvgIpc) is 2.85. The van der Waals surface area contributed by atoms with Crippen molar-refractivity contribution in [1.29, 1.82) is 0 Å². The SMILES string of the molecule is CNC(=O)c1cc(Oc2ccc(NC(=O)c3ccc(-c4ccc(Cl)cc4)cn3)cc2)ccn1. The quantitative estimate of drug-likeness (QED) is 0.414. The molecule has 0 saturated heterocycles. The van der Waals surface area contributed by atoms with E-state index in [1.807, 2.05) is 18.2 Å². The van der Waals surface area contributed by atoms with Gasteiger partial charge < -0.3 is 15.4 Å². The number of benzene rings is 2. The van der Waals surface area contributed by atoms with E-state index in [0.29, 0.717) is 27.9 Å². The third-order valence-electron chi connectivity index (χ3n) is 4.71. The Bertz CT molecular complexity index is 1270. The number of pyridine rings is 2. The van der Waals surface area contributed by atoms with Crippen LogP contribution in [0.15, 0.2) is 85.2 Å². The molecule has 4 aromatic rings. The average molecular weight is 459 g/mol. The molecule has 7 nitrogen and oxygen atoms in total. The number of carbonyl (C=O) groups excluding carboxylic acids is 2. The molecule has 0 atom stereocenters. The van der Waals surface area contributed by atoms with Crippen molar-refractivity contribution in [3.05, 3.63) is 102 Å². The fraction of sp³-hybridized carbons (Fsp3) is 0.0400. The summed E-state index contributed by atoms with van der Waals surface area (Å²) in [6, 6.07) is 21.0. The smallest absolute Gasteiger partial charge is 0.274 e. The number of hydrogen-bond acceptors (Lipinski definition) is 5. The standard InChI is InChI=1S/C25H19ClN4O3/c1-27-24(31)23-14-21(12-13-28-23)33-20-9-7-19(8-10-20)30-25(32)22-11-4-17(15-29-22)16-2-5-18(26)6-3-16/h2-15H,1H3,(H,27,31)(H,30,32). The van der Waals surface area contributed by atoms with E-state index in [2.05, 4.69) is 20.6 Å². The topological polar surface area (TPSA) is 93.2 Å². The normalized spacial score (nSPS) is 10.4. The molecular formula is C25H19ClN4O3. The van der Waals surface area contributed by atoms with Crippen LogP contribution in [0.3, 0.4) is 0 Å². The molecular weight excluding hydrogens is 440 g/mol. The van der Waals surface area contributed by atoms with Gasteiger partial charge in [0.1, 0.15) is 22.9 Å². The van der Waals surface area contributed by atoms with Gasteiger partial charge in [0.05, 0.1) is 0 Å². The summed E-state index contributed by atoms with van der Waals surface area (Å²) in [7, 11) is 1.54. The van der Waals surface area contributed by atoms with Crippen molar-refractivity contribution in [1.82, 2.24) is 15.3 Å². The first kappa shape index (κ1) is 22.0. The molecule has 0 unspecified atom stereocenters. The van der Waals surface area contributed by atoms with Crippen molar-refractivity contribution < 1.29 is 14.3 Å². The molecule has 0 bridgehead atoms. The second-order valence-electron chi connectivity index (χ2n) is 6.98. The van der Waals surface area contributed by atoms with Crippen LogP contribution in [0.1, 0.15) is 21.0 Å². The molecule has 2 heterocycles. The van der Waals surface area contributed by atoms with Gasteiger partial charge in [-0.2, -0.15) is 0 Å². The van der Waals surface area contributed by atoms with E-state index < -0.39 is 0 Å². The summed E-state index contributed by atoms with van der Waals surface area (Å²) in [5.41, 5.74) is 3.00. The van der Waals surface area contributed by atoms with Crippen molar-refractivity contribution in [2.45, 2.75) is 0 Å². The third kappa shape index (κ3) is 5.53. The Hall–Kier alpha value is -4.23. The molecule has 0 radical (unpaired) electrons. The van der Waals surface area contributed by atoms with Crippen LogP contribution in [-0.2, 0) is 0 Å². The van der Waals surface area contributed by atoms with E-state index in [-0.39, 0.29) is 17.5 Å². The molecule has 2 amide bonds. The maximum atomic E-state index is 12.5. The van der Waals surface area contributed by atoms with Gasteiger partial charge in [-0.25, -0.2) is 0 Å². The van der Waals surface area contributed by atoms with Crippen LogP contribution in [0.5, 0.6) is 11.5 Å². The highest BCUT2D eigenvalue weighted by Crippen LogP contribution is 2.24. The molecule has 0 aliphatic carbocycles. The molecule has 0 aliphatic heterocycles. The lowest BCUT2D eigenvalue weighted by atomic mass is 10.1. The molecule has 2 aromatic heterocycles. The maximum absolute atomic E-state index is 12.5. The second kappa shape index (κ2) is 9.93. The van der Waals surface area contributed by atoms with Crippen molar-refractivity contribution in [2.24, 2.45) is 0 Å². The molecule has 8 heteroatoms. The van der Waals surface area contributed by atoms with Crippen LogP contribution in [0.2, 0.25) is 5.02 Å². The molecule has 0 aliphatic rings. The summed E-state index contributed by atoms with van der Waals surface area (Å²) in [4.78, 5) is 32.5. The summed E-state index contributed by atoms with van der Waals surface area (Å²) in [6.07, 6.45) is 3.15. The lowest BCUT2D eigenvalue weighted by Gasteiger charge is -2.09. The van der Waals surface area contributed by atoms with Gasteiger partial charge in [0.2, 0.25) is 0 Å². The summed E-state index contributed by atoms with van der Waals surface area (Å²) in [5, 5.41) is 5.99. The fourth-order valence-electron chi connectivity index (χ4n) is 3.01. The molecule has 0 fully saturated rings. The van der Waals surface area contributed by atoms with Gasteiger partial charge in [0.15, 0.2) is 0 Å². The summed E-state index contributed by atoms with van der Waals surface area (Å²) < 4.78 is 5.77. The summed E-state index contributed by atoms with van der Waals surface area (Å²) in [5.74, 6) is 0.404. The zero-order chi connectivity index (χ0) is 23.2. The van der Waals surface area contributed by atoms with E-state index in [1.54, 1.807) is 60.8 Å². The maximum Gasteiger partial charge on any atom is 0.274 e. The molecule has 164 valence electrons. The number of hydrogen-bond donors (Lipinski definition) is 2. The fourth-order valence-corrected chi connectivity index (χ4v) is 3.13. The molecule has 4 rings (SSSR count). The number of ether oxygens (including phenoxy) is 1. The zero-order valence-electron chi connectivity index (χ0n) is 17.6. The first-order valence-electron chi connectivity index (χ1n) is 10.0. The first-order chi connectivity index (χ1) is 16.0. The molecule has 0 saturated carbocycles. The predicted octanol–water partition coefficient (Wildman–Crippen LogP) is 5.20. The van der Waals surface area contributed by atoms with Gasteiger partial charge in [0, 0.05) is 41.8 Å². The predicted molar refractivity (Wildman–Crippen MR) is 127 cm³/mol. The van der Waals surface area contributed by atoms with Crippen LogP contribution >= 0.6 is 11.6 Å². The number of nitrogens with one attached hydrogen (secondary N) is 2. The largest absolute Gasteiger partial charge is 0.457 e. The number of carbonyl (C=O) groups is 2. The number of anilines is 1. The number of nitrogens with zero attached hydrogens (tertiary/aromatic N) is 2. The number of halogens is 1. The molecule has 2 aromatic carbocycles. The Morgan fingerprint density at radius 3 is 2.18 bits per heavy atom. The van der Waals surface area contributed by atoms with Crippen LogP contribution in [0, 0.1) is 0 Å². The van der Waals surface area contributed by atoms with Gasteiger partial charge in [-0.1, -0.05) is 29.8 Å². The number of rotatable bonds is 6. The molecule has 2 N–H and O–H groups in total. The van der Waals surface area contributed by atoms with E-state index >= 15 is 0 Å². The monoisotopic (exact) mass is 458 g/mol. The lowest BCUT2D eigenvalue weighted by molar-refractivity contribution is 0.0957. The molecule has 33 heavy (non-hydrogen) atoms. The minimum absolute atomic E-state index is 0.258. The Kier molecular flexibility index (Phi) is 6.61. The van der Waals surface area contributed by atoms with E-state index in [1.165, 1.54) is 13.2 Å². The first-order valence-corrected chi connectivity index (χ1v) is 10.4. The highest BCUT2D eigenvalue weighted by atomic mass is 35.5. The Morgan fingerprint density at radius 2 is 1.52 bits per heavy atom. The van der Waals surface area contributed by atoms with Gasteiger partial charge >= 0.3 is 0 Å². The summed E-state index contributed by atoms with van der Waals surface area (Å²) in [6.45, 7) is 0. The molecule has 0 spiro atoms. The van der Waals surface area contributed by atoms with Crippen molar-refractivity contribution in [3.63, 3.8) is 0 Å². The van der Waals surface area contributed by atoms with Crippen LogP contribution in [0.4, 0.5) is 5.69 Å². The van der Waals surface area contributed by atoms with Crippen LogP contribution in [0.25, 0.3) is 11.1 Å². The second-order valence-corrected chi connectivity index (χ2v) is 7.41. The number of amides is 2. The Labute approximate surface area is 195 Å². The highest BCUT2D eigenvalue weighted by Gasteiger charge is 2.10. The Morgan fingerprint density at radius 1 is 0.788 bits per heavy atom. The minimum atomic E-state index is -0.323. The lowest BCUT2D eigenvalue weighted by Crippen LogP contribution is -2.18. The van der Waals surface area contributed by atoms with Crippen LogP contribution < -0.4 is 15.4 Å². The minimum Gasteiger partial charge on any atom is -0.457 e. The number of aromatic nitrogens is 2. The van der Waals surface area contributed by atoms with Gasteiger partial charge in [-0.15, -0.1) is 0 Å². The van der Waals surface area contributed by atoms with E-state index in [9.17, 15) is 9.59 Å². The third-order valence-corrected chi connectivity index (χ3v) is 4.96. The van der Waals surface area contributed by atoms with E-state index in [4.69, 9.17) is 16.3 Å². The van der Waals surface area contributed by atoms with Gasteiger partial charge in [0.25, 0.3) is 11.8 Å². The van der Waals surface area contributed by atoms with Crippen molar-refractivity contribution in [3.8, 4) is 22.6 Å². The zero-order valence-corrected chi connectivity index (χ0v) is 18.3. The Balaban J connectivity index is 1.39.